The summed E-state index contributed by atoms with van der Waals surface area (Å²) in [6.45, 7) is 1.19. The lowest BCUT2D eigenvalue weighted by molar-refractivity contribution is -0.141. The second kappa shape index (κ2) is 4.22. The van der Waals surface area contributed by atoms with Crippen LogP contribution in [0.3, 0.4) is 0 Å². The Morgan fingerprint density at radius 1 is 1.50 bits per heavy atom. The Kier molecular flexibility index (Phi) is 2.92. The second-order valence-corrected chi connectivity index (χ2v) is 4.33. The molecule has 2 atom stereocenters. The third-order valence-corrected chi connectivity index (χ3v) is 3.10. The summed E-state index contributed by atoms with van der Waals surface area (Å²) in [4.78, 5) is 13.1. The highest BCUT2D eigenvalue weighted by molar-refractivity contribution is 5.72. The SMILES string of the molecule is CN1C[C@H](C(=O)O)[C@@H](c2cccc(F)c2)C1. The number of rotatable bonds is 2. The summed E-state index contributed by atoms with van der Waals surface area (Å²) in [7, 11) is 1.88. The van der Waals surface area contributed by atoms with Crippen LogP contribution in [0.5, 0.6) is 0 Å². The highest BCUT2D eigenvalue weighted by atomic mass is 19.1. The fraction of sp³-hybridized carbons (Fsp3) is 0.417. The van der Waals surface area contributed by atoms with E-state index in [4.69, 9.17) is 5.11 Å². The number of carbonyl (C=O) groups is 1. The first-order chi connectivity index (χ1) is 7.58. The van der Waals surface area contributed by atoms with Crippen molar-refractivity contribution in [1.82, 2.24) is 4.90 Å². The molecule has 0 bridgehead atoms. The molecule has 1 saturated heterocycles. The van der Waals surface area contributed by atoms with Crippen molar-refractivity contribution in [2.75, 3.05) is 20.1 Å². The van der Waals surface area contributed by atoms with E-state index >= 15 is 0 Å². The molecule has 86 valence electrons. The molecule has 1 heterocycles. The van der Waals surface area contributed by atoms with Crippen LogP contribution in [0.1, 0.15) is 11.5 Å². The summed E-state index contributed by atoms with van der Waals surface area (Å²) >= 11 is 0. The van der Waals surface area contributed by atoms with Gasteiger partial charge in [0.05, 0.1) is 5.92 Å². The van der Waals surface area contributed by atoms with Crippen LogP contribution < -0.4 is 0 Å². The molecule has 1 N–H and O–H groups in total. The van der Waals surface area contributed by atoms with Crippen molar-refractivity contribution >= 4 is 5.97 Å². The van der Waals surface area contributed by atoms with Gasteiger partial charge in [0.2, 0.25) is 0 Å². The average molecular weight is 223 g/mol. The molecule has 2 rings (SSSR count). The lowest BCUT2D eigenvalue weighted by Crippen LogP contribution is -2.21. The zero-order chi connectivity index (χ0) is 11.7. The first kappa shape index (κ1) is 11.1. The number of benzene rings is 1. The zero-order valence-corrected chi connectivity index (χ0v) is 9.06. The Labute approximate surface area is 93.5 Å². The van der Waals surface area contributed by atoms with E-state index in [0.717, 1.165) is 5.56 Å². The Balaban J connectivity index is 2.28. The van der Waals surface area contributed by atoms with Crippen LogP contribution in [-0.2, 0) is 4.79 Å². The van der Waals surface area contributed by atoms with E-state index in [9.17, 15) is 9.18 Å². The molecule has 3 nitrogen and oxygen atoms in total. The molecule has 1 aliphatic rings. The molecular weight excluding hydrogens is 209 g/mol. The van der Waals surface area contributed by atoms with Crippen LogP contribution in [0.25, 0.3) is 0 Å². The van der Waals surface area contributed by atoms with E-state index in [1.165, 1.54) is 12.1 Å². The van der Waals surface area contributed by atoms with Crippen molar-refractivity contribution in [2.45, 2.75) is 5.92 Å². The van der Waals surface area contributed by atoms with E-state index in [0.29, 0.717) is 13.1 Å². The van der Waals surface area contributed by atoms with E-state index in [2.05, 4.69) is 0 Å². The number of carboxylic acid groups (broad SMARTS) is 1. The highest BCUT2D eigenvalue weighted by Gasteiger charge is 2.36. The molecule has 1 aliphatic heterocycles. The second-order valence-electron chi connectivity index (χ2n) is 4.33. The molecular formula is C12H14FNO2. The first-order valence-electron chi connectivity index (χ1n) is 5.24. The van der Waals surface area contributed by atoms with Crippen LogP contribution in [0.2, 0.25) is 0 Å². The summed E-state index contributed by atoms with van der Waals surface area (Å²) in [5.74, 6) is -1.67. The van der Waals surface area contributed by atoms with E-state index in [1.807, 2.05) is 11.9 Å². The Morgan fingerprint density at radius 3 is 2.88 bits per heavy atom. The van der Waals surface area contributed by atoms with E-state index in [-0.39, 0.29) is 11.7 Å². The summed E-state index contributed by atoms with van der Waals surface area (Å²) in [5.41, 5.74) is 0.775. The molecule has 0 saturated carbocycles. The Hall–Kier alpha value is -1.42. The zero-order valence-electron chi connectivity index (χ0n) is 9.06. The number of halogens is 1. The number of likely N-dealkylation sites (N-methyl/N-ethyl adjacent to an activating group) is 1. The van der Waals surface area contributed by atoms with Crippen molar-refractivity contribution < 1.29 is 14.3 Å². The predicted molar refractivity (Wildman–Crippen MR) is 57.8 cm³/mol. The van der Waals surface area contributed by atoms with Gasteiger partial charge in [-0.25, -0.2) is 4.39 Å². The number of carboxylic acids is 1. The fourth-order valence-corrected chi connectivity index (χ4v) is 2.33. The smallest absolute Gasteiger partial charge is 0.308 e. The minimum atomic E-state index is -0.807. The topological polar surface area (TPSA) is 40.5 Å². The van der Waals surface area contributed by atoms with Gasteiger partial charge in [0.15, 0.2) is 0 Å². The highest BCUT2D eigenvalue weighted by Crippen LogP contribution is 2.32. The standard InChI is InChI=1S/C12H14FNO2/c1-14-6-10(11(7-14)12(15)16)8-3-2-4-9(13)5-8/h2-5,10-11H,6-7H2,1H3,(H,15,16)/t10-,11+/m1/s1. The van der Waals surface area contributed by atoms with Crippen molar-refractivity contribution in [3.8, 4) is 0 Å². The Bertz CT molecular complexity index is 408. The lowest BCUT2D eigenvalue weighted by Gasteiger charge is -2.14. The number of hydrogen-bond donors (Lipinski definition) is 1. The minimum Gasteiger partial charge on any atom is -0.481 e. The Morgan fingerprint density at radius 2 is 2.25 bits per heavy atom. The monoisotopic (exact) mass is 223 g/mol. The maximum Gasteiger partial charge on any atom is 0.308 e. The summed E-state index contributed by atoms with van der Waals surface area (Å²) in [6.07, 6.45) is 0. The lowest BCUT2D eigenvalue weighted by atomic mass is 9.89. The molecule has 4 heteroatoms. The molecule has 0 aromatic heterocycles. The van der Waals surface area contributed by atoms with Crippen LogP contribution in [0.15, 0.2) is 24.3 Å². The van der Waals surface area contributed by atoms with Crippen molar-refractivity contribution in [3.05, 3.63) is 35.6 Å². The van der Waals surface area contributed by atoms with Gasteiger partial charge >= 0.3 is 5.97 Å². The minimum absolute atomic E-state index is 0.113. The molecule has 1 aromatic rings. The van der Waals surface area contributed by atoms with Gasteiger partial charge in [-0.05, 0) is 24.7 Å². The van der Waals surface area contributed by atoms with Crippen LogP contribution >= 0.6 is 0 Å². The molecule has 1 aromatic carbocycles. The van der Waals surface area contributed by atoms with Gasteiger partial charge < -0.3 is 10.0 Å². The molecule has 1 fully saturated rings. The van der Waals surface area contributed by atoms with Gasteiger partial charge in [-0.3, -0.25) is 4.79 Å². The van der Waals surface area contributed by atoms with Crippen LogP contribution in [-0.4, -0.2) is 36.1 Å². The third kappa shape index (κ3) is 2.07. The molecule has 16 heavy (non-hydrogen) atoms. The fourth-order valence-electron chi connectivity index (χ4n) is 2.33. The van der Waals surface area contributed by atoms with Gasteiger partial charge in [-0.2, -0.15) is 0 Å². The third-order valence-electron chi connectivity index (χ3n) is 3.10. The predicted octanol–water partition coefficient (Wildman–Crippen LogP) is 1.56. The van der Waals surface area contributed by atoms with Gasteiger partial charge in [0.1, 0.15) is 5.82 Å². The molecule has 0 spiro atoms. The van der Waals surface area contributed by atoms with Gasteiger partial charge in [-0.1, -0.05) is 12.1 Å². The van der Waals surface area contributed by atoms with E-state index in [1.54, 1.807) is 12.1 Å². The van der Waals surface area contributed by atoms with Crippen LogP contribution in [0, 0.1) is 11.7 Å². The number of hydrogen-bond acceptors (Lipinski definition) is 2. The molecule has 0 unspecified atom stereocenters. The van der Waals surface area contributed by atoms with Crippen LogP contribution in [0.4, 0.5) is 4.39 Å². The molecule has 0 aliphatic carbocycles. The number of nitrogens with zero attached hydrogens (tertiary/aromatic N) is 1. The molecule has 0 amide bonds. The summed E-state index contributed by atoms with van der Waals surface area (Å²) < 4.78 is 13.1. The largest absolute Gasteiger partial charge is 0.481 e. The van der Waals surface area contributed by atoms with Gasteiger partial charge in [0, 0.05) is 19.0 Å². The van der Waals surface area contributed by atoms with Gasteiger partial charge in [0.25, 0.3) is 0 Å². The normalized spacial score (nSPS) is 25.9. The van der Waals surface area contributed by atoms with Crippen molar-refractivity contribution in [1.29, 1.82) is 0 Å². The first-order valence-corrected chi connectivity index (χ1v) is 5.24. The van der Waals surface area contributed by atoms with Crippen molar-refractivity contribution in [3.63, 3.8) is 0 Å². The van der Waals surface area contributed by atoms with Crippen molar-refractivity contribution in [2.24, 2.45) is 5.92 Å². The maximum absolute atomic E-state index is 13.1. The quantitative estimate of drug-likeness (QED) is 0.827. The average Bonchev–Trinajstić information content (AvgIpc) is 2.60. The van der Waals surface area contributed by atoms with Gasteiger partial charge in [-0.15, -0.1) is 0 Å². The summed E-state index contributed by atoms with van der Waals surface area (Å²) in [6, 6.07) is 6.22. The molecule has 0 radical (unpaired) electrons. The maximum atomic E-state index is 13.1. The summed E-state index contributed by atoms with van der Waals surface area (Å²) in [5, 5.41) is 9.11. The number of aliphatic carboxylic acids is 1. The van der Waals surface area contributed by atoms with E-state index < -0.39 is 11.9 Å². The number of likely N-dealkylation sites (tertiary alicyclic amines) is 1.